The number of carbonyl (C=O) groups is 2. The van der Waals surface area contributed by atoms with Crippen molar-refractivity contribution in [3.05, 3.63) is 48.0 Å². The molecule has 0 bridgehead atoms. The van der Waals surface area contributed by atoms with E-state index in [1.165, 1.54) is 12.1 Å². The third-order valence-corrected chi connectivity index (χ3v) is 4.00. The van der Waals surface area contributed by atoms with E-state index in [2.05, 4.69) is 10.4 Å². The fourth-order valence-corrected chi connectivity index (χ4v) is 2.67. The standard InChI is InChI=1S/C17H18FN3O4/c18-11-1-3-13(4-2-11)21-10-8-12(20-21)7-9-19-16(22)14-5-6-15(25-14)17(23)24/h1-4,8,10,14-15H,5-7,9H2,(H,19,22)(H,23,24)/t14-,15+/m0/s1. The molecule has 1 saturated heterocycles. The zero-order valence-electron chi connectivity index (χ0n) is 13.4. The molecule has 2 aromatic rings. The summed E-state index contributed by atoms with van der Waals surface area (Å²) in [6, 6.07) is 7.81. The predicted molar refractivity (Wildman–Crippen MR) is 85.8 cm³/mol. The van der Waals surface area contributed by atoms with Crippen LogP contribution in [-0.4, -0.2) is 45.5 Å². The molecule has 0 aliphatic carbocycles. The average Bonchev–Trinajstić information content (AvgIpc) is 3.25. The molecule has 8 heteroatoms. The number of aromatic nitrogens is 2. The largest absolute Gasteiger partial charge is 0.479 e. The molecule has 1 aromatic carbocycles. The molecule has 2 N–H and O–H groups in total. The second kappa shape index (κ2) is 7.43. The first-order valence-electron chi connectivity index (χ1n) is 7.99. The van der Waals surface area contributed by atoms with Crippen molar-refractivity contribution in [1.29, 1.82) is 0 Å². The molecule has 2 heterocycles. The number of carboxylic acid groups (broad SMARTS) is 1. The van der Waals surface area contributed by atoms with Gasteiger partial charge in [0.1, 0.15) is 11.9 Å². The molecule has 2 atom stereocenters. The van der Waals surface area contributed by atoms with E-state index in [0.717, 1.165) is 11.4 Å². The second-order valence-electron chi connectivity index (χ2n) is 5.80. The number of amides is 1. The van der Waals surface area contributed by atoms with E-state index in [0.29, 0.717) is 25.8 Å². The molecule has 7 nitrogen and oxygen atoms in total. The van der Waals surface area contributed by atoms with Gasteiger partial charge < -0.3 is 15.2 Å². The number of carbonyl (C=O) groups excluding carboxylic acids is 1. The number of halogens is 1. The Hall–Kier alpha value is -2.74. The van der Waals surface area contributed by atoms with Gasteiger partial charge in [-0.2, -0.15) is 5.10 Å². The molecule has 0 spiro atoms. The predicted octanol–water partition coefficient (Wildman–Crippen LogP) is 1.30. The van der Waals surface area contributed by atoms with E-state index in [1.54, 1.807) is 23.0 Å². The molecule has 1 amide bonds. The maximum Gasteiger partial charge on any atom is 0.332 e. The average molecular weight is 347 g/mol. The van der Waals surface area contributed by atoms with Gasteiger partial charge in [0.15, 0.2) is 6.10 Å². The Bertz CT molecular complexity index is 760. The molecule has 3 rings (SSSR count). The minimum atomic E-state index is -1.04. The summed E-state index contributed by atoms with van der Waals surface area (Å²) in [6.45, 7) is 0.372. The van der Waals surface area contributed by atoms with Crippen LogP contribution >= 0.6 is 0 Å². The molecular weight excluding hydrogens is 329 g/mol. The van der Waals surface area contributed by atoms with Gasteiger partial charge in [0.25, 0.3) is 0 Å². The number of hydrogen-bond acceptors (Lipinski definition) is 4. The van der Waals surface area contributed by atoms with Gasteiger partial charge in [0.05, 0.1) is 11.4 Å². The van der Waals surface area contributed by atoms with Gasteiger partial charge in [-0.05, 0) is 43.2 Å². The van der Waals surface area contributed by atoms with Gasteiger partial charge >= 0.3 is 5.97 Å². The van der Waals surface area contributed by atoms with Crippen molar-refractivity contribution < 1.29 is 23.8 Å². The van der Waals surface area contributed by atoms with Gasteiger partial charge in [-0.25, -0.2) is 13.9 Å². The van der Waals surface area contributed by atoms with Crippen LogP contribution in [0.25, 0.3) is 5.69 Å². The maximum absolute atomic E-state index is 12.9. The summed E-state index contributed by atoms with van der Waals surface area (Å²) in [5, 5.41) is 16.0. The number of nitrogens with one attached hydrogen (secondary N) is 1. The SMILES string of the molecule is O=C(NCCc1ccn(-c2ccc(F)cc2)n1)[C@@H]1CC[C@H](C(=O)O)O1. The summed E-state index contributed by atoms with van der Waals surface area (Å²) in [5.74, 6) is -1.65. The molecule has 0 saturated carbocycles. The molecular formula is C17H18FN3O4. The molecule has 1 aliphatic rings. The summed E-state index contributed by atoms with van der Waals surface area (Å²) in [5.41, 5.74) is 1.52. The highest BCUT2D eigenvalue weighted by molar-refractivity contribution is 5.82. The van der Waals surface area contributed by atoms with Crippen molar-refractivity contribution in [2.75, 3.05) is 6.54 Å². The van der Waals surface area contributed by atoms with Gasteiger partial charge in [-0.3, -0.25) is 4.79 Å². The van der Waals surface area contributed by atoms with E-state index < -0.39 is 18.2 Å². The van der Waals surface area contributed by atoms with E-state index in [-0.39, 0.29) is 11.7 Å². The van der Waals surface area contributed by atoms with Crippen LogP contribution in [0.15, 0.2) is 36.5 Å². The summed E-state index contributed by atoms with van der Waals surface area (Å²) < 4.78 is 19.8. The highest BCUT2D eigenvalue weighted by Gasteiger charge is 2.34. The molecule has 1 aromatic heterocycles. The highest BCUT2D eigenvalue weighted by Crippen LogP contribution is 2.19. The lowest BCUT2D eigenvalue weighted by atomic mass is 10.2. The second-order valence-corrected chi connectivity index (χ2v) is 5.80. The lowest BCUT2D eigenvalue weighted by Crippen LogP contribution is -2.36. The fourth-order valence-electron chi connectivity index (χ4n) is 2.67. The molecule has 0 unspecified atom stereocenters. The van der Waals surface area contributed by atoms with Crippen molar-refractivity contribution >= 4 is 11.9 Å². The van der Waals surface area contributed by atoms with Gasteiger partial charge in [-0.1, -0.05) is 0 Å². The molecule has 0 radical (unpaired) electrons. The maximum atomic E-state index is 12.9. The van der Waals surface area contributed by atoms with Crippen molar-refractivity contribution in [2.24, 2.45) is 0 Å². The minimum absolute atomic E-state index is 0.304. The lowest BCUT2D eigenvalue weighted by Gasteiger charge is -2.11. The first-order chi connectivity index (χ1) is 12.0. The molecule has 132 valence electrons. The van der Waals surface area contributed by atoms with E-state index in [1.807, 2.05) is 6.07 Å². The van der Waals surface area contributed by atoms with Gasteiger partial charge in [-0.15, -0.1) is 0 Å². The van der Waals surface area contributed by atoms with Crippen LogP contribution in [0.1, 0.15) is 18.5 Å². The fraction of sp³-hybridized carbons (Fsp3) is 0.353. The van der Waals surface area contributed by atoms with E-state index in [9.17, 15) is 14.0 Å². The van der Waals surface area contributed by atoms with Gasteiger partial charge in [0.2, 0.25) is 5.91 Å². The summed E-state index contributed by atoms with van der Waals surface area (Å²) in [6.07, 6.45) is 1.43. The Balaban J connectivity index is 1.47. The monoisotopic (exact) mass is 347 g/mol. The third kappa shape index (κ3) is 4.21. The Labute approximate surface area is 143 Å². The van der Waals surface area contributed by atoms with Crippen molar-refractivity contribution in [3.63, 3.8) is 0 Å². The van der Waals surface area contributed by atoms with Crippen LogP contribution in [0.5, 0.6) is 0 Å². The number of carboxylic acids is 1. The zero-order valence-corrected chi connectivity index (χ0v) is 13.4. The van der Waals surface area contributed by atoms with E-state index >= 15 is 0 Å². The van der Waals surface area contributed by atoms with Crippen LogP contribution in [0, 0.1) is 5.82 Å². The zero-order chi connectivity index (χ0) is 17.8. The first kappa shape index (κ1) is 17.1. The van der Waals surface area contributed by atoms with Crippen molar-refractivity contribution in [3.8, 4) is 5.69 Å². The summed E-state index contributed by atoms with van der Waals surface area (Å²) in [4.78, 5) is 22.8. The number of benzene rings is 1. The quantitative estimate of drug-likeness (QED) is 0.822. The van der Waals surface area contributed by atoms with Crippen LogP contribution < -0.4 is 5.32 Å². The Kier molecular flexibility index (Phi) is 5.08. The van der Waals surface area contributed by atoms with Crippen molar-refractivity contribution in [1.82, 2.24) is 15.1 Å². The molecule has 1 fully saturated rings. The van der Waals surface area contributed by atoms with Crippen LogP contribution in [0.4, 0.5) is 4.39 Å². The number of nitrogens with zero attached hydrogens (tertiary/aromatic N) is 2. The Morgan fingerprint density at radius 1 is 1.24 bits per heavy atom. The van der Waals surface area contributed by atoms with E-state index in [4.69, 9.17) is 9.84 Å². The van der Waals surface area contributed by atoms with Crippen LogP contribution in [-0.2, 0) is 20.7 Å². The Morgan fingerprint density at radius 3 is 2.64 bits per heavy atom. The Morgan fingerprint density at radius 2 is 1.96 bits per heavy atom. The van der Waals surface area contributed by atoms with Gasteiger partial charge in [0, 0.05) is 19.2 Å². The van der Waals surface area contributed by atoms with Crippen LogP contribution in [0.2, 0.25) is 0 Å². The number of hydrogen-bond donors (Lipinski definition) is 2. The smallest absolute Gasteiger partial charge is 0.332 e. The molecule has 1 aliphatic heterocycles. The number of ether oxygens (including phenoxy) is 1. The first-order valence-corrected chi connectivity index (χ1v) is 7.99. The van der Waals surface area contributed by atoms with Crippen LogP contribution in [0.3, 0.4) is 0 Å². The normalized spacial score (nSPS) is 19.7. The lowest BCUT2D eigenvalue weighted by molar-refractivity contribution is -0.151. The summed E-state index contributed by atoms with van der Waals surface area (Å²) >= 11 is 0. The van der Waals surface area contributed by atoms with Crippen molar-refractivity contribution in [2.45, 2.75) is 31.5 Å². The minimum Gasteiger partial charge on any atom is -0.479 e. The molecule has 25 heavy (non-hydrogen) atoms. The summed E-state index contributed by atoms with van der Waals surface area (Å²) in [7, 11) is 0. The topological polar surface area (TPSA) is 93.5 Å². The number of aliphatic carboxylic acids is 1. The third-order valence-electron chi connectivity index (χ3n) is 4.00. The number of rotatable bonds is 6. The highest BCUT2D eigenvalue weighted by atomic mass is 19.1.